The van der Waals surface area contributed by atoms with Crippen molar-refractivity contribution in [2.24, 2.45) is 0 Å². The Labute approximate surface area is 234 Å². The van der Waals surface area contributed by atoms with E-state index < -0.39 is 39.6 Å². The second kappa shape index (κ2) is 10.5. The third kappa shape index (κ3) is 5.21. The minimum atomic E-state index is -3.25. The van der Waals surface area contributed by atoms with Crippen LogP contribution >= 0.6 is 24.0 Å². The van der Waals surface area contributed by atoms with E-state index in [1.54, 1.807) is 43.3 Å². The Bertz CT molecular complexity index is 1550. The molecule has 3 amide bonds. The number of anilines is 2. The molecule has 5 rings (SSSR count). The Hall–Kier alpha value is -3.55. The third-order valence-electron chi connectivity index (χ3n) is 6.50. The Morgan fingerprint density at radius 2 is 1.82 bits per heavy atom. The largest absolute Gasteiger partial charge is 0.462 e. The summed E-state index contributed by atoms with van der Waals surface area (Å²) < 4.78 is 29.2. The molecule has 0 saturated carbocycles. The molecule has 2 fully saturated rings. The lowest BCUT2D eigenvalue weighted by Gasteiger charge is -2.21. The van der Waals surface area contributed by atoms with Crippen LogP contribution in [0.4, 0.5) is 11.4 Å². The first-order valence-electron chi connectivity index (χ1n) is 12.1. The van der Waals surface area contributed by atoms with Crippen molar-refractivity contribution in [1.29, 1.82) is 0 Å². The lowest BCUT2D eigenvalue weighted by Crippen LogP contribution is -2.39. The summed E-state index contributed by atoms with van der Waals surface area (Å²) in [5, 5.41) is 2.71. The molecule has 0 radical (unpaired) electrons. The monoisotopic (exact) mass is 585 g/mol. The first kappa shape index (κ1) is 27.0. The Balaban J connectivity index is 1.37. The van der Waals surface area contributed by atoms with Crippen molar-refractivity contribution in [3.63, 3.8) is 0 Å². The number of nitrogens with zero attached hydrogens (tertiary/aromatic N) is 2. The number of para-hydroxylation sites is 1. The number of thiocarbonyl (C=S) groups is 1. The molecule has 3 aliphatic heterocycles. The molecule has 0 aliphatic carbocycles. The molecule has 2 aromatic rings. The van der Waals surface area contributed by atoms with E-state index in [0.717, 1.165) is 11.8 Å². The fourth-order valence-electron chi connectivity index (χ4n) is 4.73. The third-order valence-corrected chi connectivity index (χ3v) is 9.66. The number of hydrogen-bond donors (Lipinski definition) is 1. The highest BCUT2D eigenvalue weighted by Crippen LogP contribution is 2.45. The minimum absolute atomic E-state index is 0.0170. The first-order chi connectivity index (χ1) is 18.6. The summed E-state index contributed by atoms with van der Waals surface area (Å²) in [6.07, 6.45) is 0.287. The van der Waals surface area contributed by atoms with Gasteiger partial charge in [-0.1, -0.05) is 42.2 Å². The average Bonchev–Trinajstić information content (AvgIpc) is 3.49. The second-order valence-electron chi connectivity index (χ2n) is 9.06. The van der Waals surface area contributed by atoms with Crippen LogP contribution in [0.25, 0.3) is 5.57 Å². The number of carbonyl (C=O) groups is 4. The van der Waals surface area contributed by atoms with Gasteiger partial charge in [-0.2, -0.15) is 0 Å². The van der Waals surface area contributed by atoms with Crippen molar-refractivity contribution < 1.29 is 32.3 Å². The average molecular weight is 586 g/mol. The molecular formula is C26H23N3O7S3. The molecule has 1 atom stereocenters. The molecule has 39 heavy (non-hydrogen) atoms. The van der Waals surface area contributed by atoms with Crippen molar-refractivity contribution in [3.05, 3.63) is 64.6 Å². The molecular weight excluding hydrogens is 563 g/mol. The van der Waals surface area contributed by atoms with Gasteiger partial charge in [-0.3, -0.25) is 24.2 Å². The number of thioether (sulfide) groups is 1. The normalized spacial score (nSPS) is 21.9. The first-order valence-corrected chi connectivity index (χ1v) is 15.1. The molecule has 0 bridgehead atoms. The van der Waals surface area contributed by atoms with Gasteiger partial charge in [-0.25, -0.2) is 13.2 Å². The maximum Gasteiger partial charge on any atom is 0.338 e. The molecule has 0 aromatic heterocycles. The smallest absolute Gasteiger partial charge is 0.338 e. The van der Waals surface area contributed by atoms with Gasteiger partial charge in [-0.05, 0) is 43.7 Å². The maximum atomic E-state index is 13.6. The van der Waals surface area contributed by atoms with E-state index in [9.17, 15) is 27.6 Å². The number of carbonyl (C=O) groups excluding carboxylic acids is 4. The molecule has 1 unspecified atom stereocenters. The lowest BCUT2D eigenvalue weighted by atomic mass is 10.1. The summed E-state index contributed by atoms with van der Waals surface area (Å²) in [4.78, 5) is 54.5. The van der Waals surface area contributed by atoms with Gasteiger partial charge in [0.25, 0.3) is 11.8 Å². The van der Waals surface area contributed by atoms with Crippen molar-refractivity contribution in [3.8, 4) is 0 Å². The number of amides is 3. The number of nitrogens with one attached hydrogen (secondary N) is 1. The highest BCUT2D eigenvalue weighted by molar-refractivity contribution is 8.26. The van der Waals surface area contributed by atoms with Crippen molar-refractivity contribution in [2.45, 2.75) is 19.4 Å². The van der Waals surface area contributed by atoms with E-state index in [1.807, 2.05) is 0 Å². The molecule has 3 heterocycles. The van der Waals surface area contributed by atoms with Crippen LogP contribution < -0.4 is 10.2 Å². The van der Waals surface area contributed by atoms with Gasteiger partial charge in [-0.15, -0.1) is 0 Å². The zero-order valence-electron chi connectivity index (χ0n) is 20.7. The predicted molar refractivity (Wildman–Crippen MR) is 151 cm³/mol. The molecule has 202 valence electrons. The van der Waals surface area contributed by atoms with Crippen LogP contribution in [-0.4, -0.2) is 72.0 Å². The van der Waals surface area contributed by atoms with Crippen LogP contribution in [0, 0.1) is 0 Å². The van der Waals surface area contributed by atoms with E-state index in [0.29, 0.717) is 22.5 Å². The van der Waals surface area contributed by atoms with E-state index in [2.05, 4.69) is 5.32 Å². The van der Waals surface area contributed by atoms with Crippen molar-refractivity contribution in [1.82, 2.24) is 4.90 Å². The zero-order valence-corrected chi connectivity index (χ0v) is 23.2. The van der Waals surface area contributed by atoms with Gasteiger partial charge in [0, 0.05) is 11.3 Å². The second-order valence-corrected chi connectivity index (χ2v) is 12.9. The topological polar surface area (TPSA) is 130 Å². The van der Waals surface area contributed by atoms with Gasteiger partial charge in [0.05, 0.1) is 45.9 Å². The van der Waals surface area contributed by atoms with Gasteiger partial charge in [0.15, 0.2) is 9.84 Å². The maximum absolute atomic E-state index is 13.6. The summed E-state index contributed by atoms with van der Waals surface area (Å²) in [7, 11) is -3.25. The molecule has 2 aromatic carbocycles. The van der Waals surface area contributed by atoms with E-state index >= 15 is 0 Å². The highest BCUT2D eigenvalue weighted by atomic mass is 32.2. The fourth-order valence-corrected chi connectivity index (χ4v) is 7.90. The molecule has 3 aliphatic rings. The molecule has 1 N–H and O–H groups in total. The Morgan fingerprint density at radius 1 is 1.10 bits per heavy atom. The number of benzene rings is 2. The molecule has 0 spiro atoms. The summed E-state index contributed by atoms with van der Waals surface area (Å²) in [6, 6.07) is 12.4. The summed E-state index contributed by atoms with van der Waals surface area (Å²) >= 11 is 6.38. The van der Waals surface area contributed by atoms with Crippen LogP contribution in [-0.2, 0) is 29.0 Å². The number of ether oxygens (including phenoxy) is 1. The van der Waals surface area contributed by atoms with Gasteiger partial charge in [0.1, 0.15) is 10.9 Å². The zero-order chi connectivity index (χ0) is 27.9. The van der Waals surface area contributed by atoms with E-state index in [-0.39, 0.29) is 45.9 Å². The fraction of sp³-hybridized carbons (Fsp3) is 0.269. The molecule has 2 saturated heterocycles. The number of rotatable bonds is 6. The van der Waals surface area contributed by atoms with Gasteiger partial charge < -0.3 is 10.1 Å². The Morgan fingerprint density at radius 3 is 2.49 bits per heavy atom. The van der Waals surface area contributed by atoms with Crippen LogP contribution in [0.5, 0.6) is 0 Å². The predicted octanol–water partition coefficient (Wildman–Crippen LogP) is 2.61. The van der Waals surface area contributed by atoms with Crippen LogP contribution in [0.1, 0.15) is 29.3 Å². The summed E-state index contributed by atoms with van der Waals surface area (Å²) in [5.74, 6) is -2.16. The van der Waals surface area contributed by atoms with Crippen LogP contribution in [0.15, 0.2) is 53.4 Å². The lowest BCUT2D eigenvalue weighted by molar-refractivity contribution is -0.123. The highest BCUT2D eigenvalue weighted by Gasteiger charge is 2.46. The number of sulfone groups is 1. The van der Waals surface area contributed by atoms with Gasteiger partial charge in [0.2, 0.25) is 5.91 Å². The van der Waals surface area contributed by atoms with E-state index in [4.69, 9.17) is 17.0 Å². The summed E-state index contributed by atoms with van der Waals surface area (Å²) in [5.41, 5.74) is 1.88. The standard InChI is InChI=1S/C26H23N3O7S3/c1-2-36-25(33)15-7-9-16(10-8-15)27-20(30)13-28-19-6-4-3-5-18(19)21(23(28)31)22-24(32)29(26(37)38-22)17-11-12-39(34,35)14-17/h3-10,17H,2,11-14H2,1H3,(H,27,30)/b22-21-. The SMILES string of the molecule is CCOC(=O)c1ccc(NC(=O)CN2C(=O)/C(=C3\SC(=S)N(C4CCS(=O)(=O)C4)C3=O)c3ccccc32)cc1. The number of fused-ring (bicyclic) bond motifs is 1. The Kier molecular flexibility index (Phi) is 7.31. The van der Waals surface area contributed by atoms with Gasteiger partial charge >= 0.3 is 5.97 Å². The number of hydrogen-bond acceptors (Lipinski definition) is 9. The minimum Gasteiger partial charge on any atom is -0.462 e. The van der Waals surface area contributed by atoms with Crippen molar-refractivity contribution in [2.75, 3.05) is 34.9 Å². The van der Waals surface area contributed by atoms with E-state index in [1.165, 1.54) is 21.9 Å². The van der Waals surface area contributed by atoms with Crippen LogP contribution in [0.2, 0.25) is 0 Å². The van der Waals surface area contributed by atoms with Crippen molar-refractivity contribution >= 4 is 78.8 Å². The summed E-state index contributed by atoms with van der Waals surface area (Å²) in [6.45, 7) is 1.64. The van der Waals surface area contributed by atoms with Crippen LogP contribution in [0.3, 0.4) is 0 Å². The molecule has 10 nitrogen and oxygen atoms in total. The molecule has 13 heteroatoms. The number of esters is 1. The quantitative estimate of drug-likeness (QED) is 0.309.